The second kappa shape index (κ2) is 5.43. The van der Waals surface area contributed by atoms with Crippen LogP contribution in [0.4, 0.5) is 5.82 Å². The average molecular weight is 316 g/mol. The van der Waals surface area contributed by atoms with E-state index in [9.17, 15) is 8.42 Å². The lowest BCUT2D eigenvalue weighted by Gasteiger charge is -2.23. The number of anilines is 1. The molecule has 0 aliphatic heterocycles. The highest BCUT2D eigenvalue weighted by molar-refractivity contribution is 7.89. The Morgan fingerprint density at radius 1 is 1.50 bits per heavy atom. The van der Waals surface area contributed by atoms with Gasteiger partial charge in [-0.15, -0.1) is 0 Å². The van der Waals surface area contributed by atoms with E-state index in [0.717, 1.165) is 4.31 Å². The van der Waals surface area contributed by atoms with Crippen molar-refractivity contribution in [3.63, 3.8) is 0 Å². The smallest absolute Gasteiger partial charge is 0.247 e. The summed E-state index contributed by atoms with van der Waals surface area (Å²) >= 11 is 5.79. The zero-order valence-electron chi connectivity index (χ0n) is 10.9. The maximum atomic E-state index is 12.5. The fourth-order valence-electron chi connectivity index (χ4n) is 1.71. The maximum Gasteiger partial charge on any atom is 0.247 e. The summed E-state index contributed by atoms with van der Waals surface area (Å²) in [6.07, 6.45) is 2.79. The average Bonchev–Trinajstić information content (AvgIpc) is 2.93. The van der Waals surface area contributed by atoms with Crippen LogP contribution in [0.15, 0.2) is 40.0 Å². The van der Waals surface area contributed by atoms with Gasteiger partial charge in [-0.2, -0.15) is 4.31 Å². The minimum absolute atomic E-state index is 0.0899. The molecule has 2 heterocycles. The molecule has 0 unspecified atom stereocenters. The third-order valence-electron chi connectivity index (χ3n) is 3.01. The maximum absolute atomic E-state index is 12.5. The first-order valence-electron chi connectivity index (χ1n) is 5.76. The number of furan rings is 1. The number of pyridine rings is 1. The normalized spacial score (nSPS) is 13.6. The molecule has 2 aromatic heterocycles. The Morgan fingerprint density at radius 2 is 2.20 bits per heavy atom. The van der Waals surface area contributed by atoms with E-state index in [1.54, 1.807) is 19.1 Å². The van der Waals surface area contributed by atoms with Gasteiger partial charge in [0.25, 0.3) is 0 Å². The van der Waals surface area contributed by atoms with Crippen LogP contribution in [0.3, 0.4) is 0 Å². The van der Waals surface area contributed by atoms with E-state index >= 15 is 0 Å². The SMILES string of the molecule is C[C@H](c1ccco1)N(C)S(=O)(=O)c1cc(Cl)cnc1N. The topological polar surface area (TPSA) is 89.4 Å². The number of halogens is 1. The van der Waals surface area contributed by atoms with Crippen LogP contribution >= 0.6 is 11.6 Å². The van der Waals surface area contributed by atoms with Crippen LogP contribution < -0.4 is 5.73 Å². The van der Waals surface area contributed by atoms with E-state index < -0.39 is 16.1 Å². The molecule has 108 valence electrons. The molecule has 0 spiro atoms. The van der Waals surface area contributed by atoms with Gasteiger partial charge in [-0.25, -0.2) is 13.4 Å². The largest absolute Gasteiger partial charge is 0.468 e. The Balaban J connectivity index is 2.42. The Bertz CT molecular complexity index is 701. The minimum atomic E-state index is -3.82. The molecular weight excluding hydrogens is 302 g/mol. The van der Waals surface area contributed by atoms with Crippen molar-refractivity contribution in [1.29, 1.82) is 0 Å². The molecule has 2 N–H and O–H groups in total. The van der Waals surface area contributed by atoms with E-state index in [-0.39, 0.29) is 15.7 Å². The summed E-state index contributed by atoms with van der Waals surface area (Å²) in [7, 11) is -2.37. The van der Waals surface area contributed by atoms with Gasteiger partial charge in [0.15, 0.2) is 0 Å². The molecule has 0 aliphatic rings. The molecule has 0 saturated carbocycles. The third kappa shape index (κ3) is 2.65. The van der Waals surface area contributed by atoms with E-state index in [0.29, 0.717) is 5.76 Å². The molecular formula is C12H14ClN3O3S. The number of sulfonamides is 1. The standard InChI is InChI=1S/C12H14ClN3O3S/c1-8(10-4-3-5-19-10)16(2)20(17,18)11-6-9(13)7-15-12(11)14/h3-8H,1-2H3,(H2,14,15)/t8-/m1/s1. The first kappa shape index (κ1) is 14.8. The van der Waals surface area contributed by atoms with Gasteiger partial charge in [0.1, 0.15) is 16.5 Å². The van der Waals surface area contributed by atoms with E-state index in [1.807, 2.05) is 0 Å². The molecule has 0 amide bonds. The highest BCUT2D eigenvalue weighted by atomic mass is 35.5. The van der Waals surface area contributed by atoms with Crippen molar-refractivity contribution in [2.45, 2.75) is 17.9 Å². The molecule has 1 atom stereocenters. The van der Waals surface area contributed by atoms with Gasteiger partial charge in [-0.3, -0.25) is 0 Å². The van der Waals surface area contributed by atoms with Crippen LogP contribution in [0.5, 0.6) is 0 Å². The van der Waals surface area contributed by atoms with Crippen molar-refractivity contribution < 1.29 is 12.8 Å². The zero-order chi connectivity index (χ0) is 14.9. The van der Waals surface area contributed by atoms with E-state index in [2.05, 4.69) is 4.98 Å². The molecule has 0 radical (unpaired) electrons. The van der Waals surface area contributed by atoms with Crippen molar-refractivity contribution in [2.75, 3.05) is 12.8 Å². The monoisotopic (exact) mass is 315 g/mol. The van der Waals surface area contributed by atoms with Crippen molar-refractivity contribution in [1.82, 2.24) is 9.29 Å². The summed E-state index contributed by atoms with van der Waals surface area (Å²) in [6, 6.07) is 4.20. The van der Waals surface area contributed by atoms with Gasteiger partial charge < -0.3 is 10.2 Å². The van der Waals surface area contributed by atoms with Crippen LogP contribution in [-0.2, 0) is 10.0 Å². The van der Waals surface area contributed by atoms with Gasteiger partial charge >= 0.3 is 0 Å². The van der Waals surface area contributed by atoms with Gasteiger partial charge in [-0.05, 0) is 25.1 Å². The highest BCUT2D eigenvalue weighted by Crippen LogP contribution is 2.29. The van der Waals surface area contributed by atoms with E-state index in [1.165, 1.54) is 25.6 Å². The fourth-order valence-corrected chi connectivity index (χ4v) is 3.36. The highest BCUT2D eigenvalue weighted by Gasteiger charge is 2.30. The molecule has 2 aromatic rings. The van der Waals surface area contributed by atoms with Gasteiger partial charge in [0, 0.05) is 13.2 Å². The summed E-state index contributed by atoms with van der Waals surface area (Å²) < 4.78 is 31.5. The summed E-state index contributed by atoms with van der Waals surface area (Å²) in [6.45, 7) is 1.71. The molecule has 0 saturated heterocycles. The van der Waals surface area contributed by atoms with Crippen molar-refractivity contribution in [3.05, 3.63) is 41.4 Å². The summed E-state index contributed by atoms with van der Waals surface area (Å²) in [5.41, 5.74) is 5.63. The Labute approximate surface area is 122 Å². The fraction of sp³-hybridized carbons (Fsp3) is 0.250. The number of nitrogens with zero attached hydrogens (tertiary/aromatic N) is 2. The minimum Gasteiger partial charge on any atom is -0.468 e. The summed E-state index contributed by atoms with van der Waals surface area (Å²) in [5, 5.41) is 0.205. The zero-order valence-corrected chi connectivity index (χ0v) is 12.5. The number of aromatic nitrogens is 1. The molecule has 20 heavy (non-hydrogen) atoms. The second-order valence-corrected chi connectivity index (χ2v) is 6.65. The van der Waals surface area contributed by atoms with E-state index in [4.69, 9.17) is 21.8 Å². The van der Waals surface area contributed by atoms with Gasteiger partial charge in [0.2, 0.25) is 10.0 Å². The number of hydrogen-bond acceptors (Lipinski definition) is 5. The first-order valence-corrected chi connectivity index (χ1v) is 7.58. The number of rotatable bonds is 4. The molecule has 0 aliphatic carbocycles. The second-order valence-electron chi connectivity index (χ2n) is 4.25. The molecule has 6 nitrogen and oxygen atoms in total. The number of hydrogen-bond donors (Lipinski definition) is 1. The lowest BCUT2D eigenvalue weighted by molar-refractivity contribution is 0.340. The molecule has 2 rings (SSSR count). The van der Waals surface area contributed by atoms with Crippen molar-refractivity contribution >= 4 is 27.4 Å². The number of nitrogens with two attached hydrogens (primary N) is 1. The van der Waals surface area contributed by atoms with Gasteiger partial charge in [0.05, 0.1) is 17.3 Å². The molecule has 8 heteroatoms. The van der Waals surface area contributed by atoms with Crippen LogP contribution in [0.2, 0.25) is 5.02 Å². The Morgan fingerprint density at radius 3 is 2.80 bits per heavy atom. The van der Waals surface area contributed by atoms with Crippen molar-refractivity contribution in [3.8, 4) is 0 Å². The van der Waals surface area contributed by atoms with Crippen LogP contribution in [0.1, 0.15) is 18.7 Å². The number of nitrogen functional groups attached to an aromatic ring is 1. The molecule has 0 fully saturated rings. The predicted octanol–water partition coefficient (Wildman–Crippen LogP) is 2.29. The summed E-state index contributed by atoms with van der Waals surface area (Å²) in [4.78, 5) is 3.65. The van der Waals surface area contributed by atoms with Crippen molar-refractivity contribution in [2.24, 2.45) is 0 Å². The summed E-state index contributed by atoms with van der Waals surface area (Å²) in [5.74, 6) is 0.442. The van der Waals surface area contributed by atoms with Crippen LogP contribution in [0.25, 0.3) is 0 Å². The predicted molar refractivity (Wildman–Crippen MR) is 75.7 cm³/mol. The molecule has 0 aromatic carbocycles. The van der Waals surface area contributed by atoms with Crippen LogP contribution in [0, 0.1) is 0 Å². The Hall–Kier alpha value is -1.57. The van der Waals surface area contributed by atoms with Crippen LogP contribution in [-0.4, -0.2) is 24.8 Å². The lowest BCUT2D eigenvalue weighted by atomic mass is 10.3. The molecule has 0 bridgehead atoms. The first-order chi connectivity index (χ1) is 9.34. The Kier molecular flexibility index (Phi) is 4.03. The van der Waals surface area contributed by atoms with Gasteiger partial charge in [-0.1, -0.05) is 11.6 Å². The lowest BCUT2D eigenvalue weighted by Crippen LogP contribution is -2.30. The quantitative estimate of drug-likeness (QED) is 0.935. The third-order valence-corrected chi connectivity index (χ3v) is 5.17.